The van der Waals surface area contributed by atoms with Crippen LogP contribution in [0.3, 0.4) is 0 Å². The lowest BCUT2D eigenvalue weighted by atomic mass is 10.1. The summed E-state index contributed by atoms with van der Waals surface area (Å²) in [6.45, 7) is 2.30. The topological polar surface area (TPSA) is 47.9 Å². The van der Waals surface area contributed by atoms with E-state index >= 15 is 0 Å². The molecule has 0 saturated carbocycles. The Hall–Kier alpha value is -1.73. The van der Waals surface area contributed by atoms with Crippen molar-refractivity contribution in [2.75, 3.05) is 6.61 Å². The van der Waals surface area contributed by atoms with E-state index in [1.165, 1.54) is 6.07 Å². The number of hydrogen-bond donors (Lipinski definition) is 0. The zero-order valence-electron chi connectivity index (χ0n) is 11.0. The van der Waals surface area contributed by atoms with Gasteiger partial charge in [-0.15, -0.1) is 0 Å². The van der Waals surface area contributed by atoms with Crippen molar-refractivity contribution in [3.63, 3.8) is 0 Å². The first-order valence-corrected chi connectivity index (χ1v) is 6.42. The molecule has 2 rings (SSSR count). The predicted octanol–water partition coefficient (Wildman–Crippen LogP) is 3.75. The Morgan fingerprint density at radius 2 is 2.05 bits per heavy atom. The van der Waals surface area contributed by atoms with Crippen LogP contribution in [-0.4, -0.2) is 21.6 Å². The van der Waals surface area contributed by atoms with Crippen molar-refractivity contribution in [1.82, 2.24) is 15.0 Å². The fraction of sp³-hybridized carbons (Fsp3) is 0.308. The second kappa shape index (κ2) is 6.36. The lowest BCUT2D eigenvalue weighted by Gasteiger charge is -2.12. The maximum absolute atomic E-state index is 13.0. The van der Waals surface area contributed by atoms with Crippen LogP contribution >= 0.6 is 11.6 Å². The van der Waals surface area contributed by atoms with Gasteiger partial charge < -0.3 is 4.74 Å². The van der Waals surface area contributed by atoms with E-state index in [1.54, 1.807) is 6.92 Å². The summed E-state index contributed by atoms with van der Waals surface area (Å²) < 4.78 is 44.2. The van der Waals surface area contributed by atoms with E-state index < -0.39 is 11.7 Å². The van der Waals surface area contributed by atoms with Gasteiger partial charge in [0.1, 0.15) is 11.8 Å². The van der Waals surface area contributed by atoms with Crippen molar-refractivity contribution in [1.29, 1.82) is 0 Å². The summed E-state index contributed by atoms with van der Waals surface area (Å²) in [6, 6.07) is 2.16. The zero-order chi connectivity index (χ0) is 15.5. The number of rotatable bonds is 4. The Morgan fingerprint density at radius 1 is 1.29 bits per heavy atom. The van der Waals surface area contributed by atoms with Gasteiger partial charge in [-0.2, -0.15) is 13.2 Å². The van der Waals surface area contributed by atoms with Crippen molar-refractivity contribution in [3.8, 4) is 11.3 Å². The first kappa shape index (κ1) is 15.7. The minimum absolute atomic E-state index is 0.0479. The molecule has 8 heteroatoms. The van der Waals surface area contributed by atoms with Crippen LogP contribution in [0.1, 0.15) is 18.3 Å². The van der Waals surface area contributed by atoms with Gasteiger partial charge in [0, 0.05) is 30.6 Å². The van der Waals surface area contributed by atoms with Crippen molar-refractivity contribution in [2.24, 2.45) is 0 Å². The number of hydrogen-bond acceptors (Lipinski definition) is 4. The van der Waals surface area contributed by atoms with Gasteiger partial charge in [0.05, 0.1) is 11.3 Å². The Balaban J connectivity index is 2.49. The van der Waals surface area contributed by atoms with E-state index in [1.807, 2.05) is 0 Å². The molecule has 0 spiro atoms. The number of pyridine rings is 1. The molecule has 2 heterocycles. The van der Waals surface area contributed by atoms with Crippen molar-refractivity contribution in [3.05, 3.63) is 41.1 Å². The minimum Gasteiger partial charge on any atom is -0.374 e. The SMILES string of the molecule is CCOCc1nc(Cl)cc(-c2cnccc2C(F)(F)F)n1. The van der Waals surface area contributed by atoms with Gasteiger partial charge in [0.25, 0.3) is 0 Å². The van der Waals surface area contributed by atoms with E-state index in [2.05, 4.69) is 15.0 Å². The normalized spacial score (nSPS) is 11.7. The van der Waals surface area contributed by atoms with E-state index in [4.69, 9.17) is 16.3 Å². The molecule has 0 fully saturated rings. The monoisotopic (exact) mass is 317 g/mol. The molecule has 0 amide bonds. The van der Waals surface area contributed by atoms with Crippen LogP contribution in [0.5, 0.6) is 0 Å². The summed E-state index contributed by atoms with van der Waals surface area (Å²) in [5.74, 6) is 0.219. The third-order valence-electron chi connectivity index (χ3n) is 2.58. The molecule has 21 heavy (non-hydrogen) atoms. The lowest BCUT2D eigenvalue weighted by Crippen LogP contribution is -2.09. The molecule has 2 aromatic rings. The summed E-state index contributed by atoms with van der Waals surface area (Å²) in [5, 5.41) is 0.0479. The molecular formula is C13H11ClF3N3O. The molecule has 0 aliphatic rings. The third kappa shape index (κ3) is 3.89. The fourth-order valence-corrected chi connectivity index (χ4v) is 1.91. The van der Waals surface area contributed by atoms with Crippen LogP contribution in [0, 0.1) is 0 Å². The Labute approximate surface area is 124 Å². The van der Waals surface area contributed by atoms with Crippen molar-refractivity contribution >= 4 is 11.6 Å². The molecule has 2 aromatic heterocycles. The molecule has 0 aliphatic heterocycles. The summed E-state index contributed by atoms with van der Waals surface area (Å²) in [6.07, 6.45) is -2.32. The molecule has 4 nitrogen and oxygen atoms in total. The number of aromatic nitrogens is 3. The van der Waals surface area contributed by atoms with Crippen molar-refractivity contribution in [2.45, 2.75) is 19.7 Å². The maximum atomic E-state index is 13.0. The zero-order valence-corrected chi connectivity index (χ0v) is 11.7. The largest absolute Gasteiger partial charge is 0.417 e. The van der Waals surface area contributed by atoms with Crippen LogP contribution in [0.15, 0.2) is 24.5 Å². The smallest absolute Gasteiger partial charge is 0.374 e. The van der Waals surface area contributed by atoms with Gasteiger partial charge in [0.15, 0.2) is 5.82 Å². The highest BCUT2D eigenvalue weighted by Gasteiger charge is 2.34. The van der Waals surface area contributed by atoms with E-state index in [9.17, 15) is 13.2 Å². The van der Waals surface area contributed by atoms with Gasteiger partial charge in [-0.05, 0) is 13.0 Å². The highest BCUT2D eigenvalue weighted by molar-refractivity contribution is 6.29. The first-order chi connectivity index (χ1) is 9.91. The standard InChI is InChI=1S/C13H11ClF3N3O/c1-2-21-7-12-19-10(5-11(14)20-12)8-6-18-4-3-9(8)13(15,16)17/h3-6H,2,7H2,1H3. The van der Waals surface area contributed by atoms with Crippen LogP contribution in [0.4, 0.5) is 13.2 Å². The van der Waals surface area contributed by atoms with Crippen LogP contribution in [0.25, 0.3) is 11.3 Å². The number of alkyl halides is 3. The molecule has 0 atom stereocenters. The number of ether oxygens (including phenoxy) is 1. The lowest BCUT2D eigenvalue weighted by molar-refractivity contribution is -0.137. The molecular weight excluding hydrogens is 307 g/mol. The Kier molecular flexibility index (Phi) is 4.74. The summed E-state index contributed by atoms with van der Waals surface area (Å²) in [5.41, 5.74) is -0.910. The van der Waals surface area contributed by atoms with Gasteiger partial charge in [-0.25, -0.2) is 9.97 Å². The van der Waals surface area contributed by atoms with Crippen LogP contribution in [-0.2, 0) is 17.5 Å². The second-order valence-corrected chi connectivity index (χ2v) is 4.44. The molecule has 0 aromatic carbocycles. The molecule has 0 aliphatic carbocycles. The summed E-state index contributed by atoms with van der Waals surface area (Å²) in [4.78, 5) is 11.7. The summed E-state index contributed by atoms with van der Waals surface area (Å²) in [7, 11) is 0. The molecule has 0 radical (unpaired) electrons. The van der Waals surface area contributed by atoms with E-state index in [0.717, 1.165) is 18.5 Å². The fourth-order valence-electron chi connectivity index (χ4n) is 1.71. The van der Waals surface area contributed by atoms with Crippen LogP contribution < -0.4 is 0 Å². The molecule has 0 bridgehead atoms. The van der Waals surface area contributed by atoms with Crippen molar-refractivity contribution < 1.29 is 17.9 Å². The average molecular weight is 318 g/mol. The predicted molar refractivity (Wildman–Crippen MR) is 70.6 cm³/mol. The van der Waals surface area contributed by atoms with E-state index in [0.29, 0.717) is 6.61 Å². The maximum Gasteiger partial charge on any atom is 0.417 e. The average Bonchev–Trinajstić information content (AvgIpc) is 2.43. The Bertz CT molecular complexity index is 634. The minimum atomic E-state index is -4.50. The van der Waals surface area contributed by atoms with Gasteiger partial charge in [-0.3, -0.25) is 4.98 Å². The molecule has 0 saturated heterocycles. The molecule has 0 N–H and O–H groups in total. The summed E-state index contributed by atoms with van der Waals surface area (Å²) >= 11 is 5.84. The second-order valence-electron chi connectivity index (χ2n) is 4.05. The highest BCUT2D eigenvalue weighted by Crippen LogP contribution is 2.36. The number of nitrogens with zero attached hydrogens (tertiary/aromatic N) is 3. The van der Waals surface area contributed by atoms with Gasteiger partial charge in [-0.1, -0.05) is 11.6 Å². The van der Waals surface area contributed by atoms with Gasteiger partial charge in [0.2, 0.25) is 0 Å². The quantitative estimate of drug-likeness (QED) is 0.806. The van der Waals surface area contributed by atoms with E-state index in [-0.39, 0.29) is 28.8 Å². The van der Waals surface area contributed by atoms with Crippen LogP contribution in [0.2, 0.25) is 5.15 Å². The molecule has 112 valence electrons. The Morgan fingerprint density at radius 3 is 2.71 bits per heavy atom. The first-order valence-electron chi connectivity index (χ1n) is 6.04. The highest BCUT2D eigenvalue weighted by atomic mass is 35.5. The van der Waals surface area contributed by atoms with Gasteiger partial charge >= 0.3 is 6.18 Å². The third-order valence-corrected chi connectivity index (χ3v) is 2.77. The number of halogens is 4. The molecule has 0 unspecified atom stereocenters.